The van der Waals surface area contributed by atoms with Crippen molar-refractivity contribution in [2.75, 3.05) is 6.61 Å². The van der Waals surface area contributed by atoms with Crippen molar-refractivity contribution in [3.63, 3.8) is 0 Å². The van der Waals surface area contributed by atoms with Gasteiger partial charge in [0.15, 0.2) is 0 Å². The van der Waals surface area contributed by atoms with Gasteiger partial charge in [0, 0.05) is 12.5 Å². The lowest BCUT2D eigenvalue weighted by atomic mass is 9.97. The molecule has 3 aromatic rings. The van der Waals surface area contributed by atoms with E-state index in [1.807, 2.05) is 6.08 Å². The summed E-state index contributed by atoms with van der Waals surface area (Å²) in [5.41, 5.74) is 6.94. The molecule has 2 nitrogen and oxygen atoms in total. The summed E-state index contributed by atoms with van der Waals surface area (Å²) in [6.45, 7) is 7.55. The minimum atomic E-state index is -0.385. The standard InChI is InChI=1S/C25H22O2/c1-3-19-8-12-21(13-9-19)23-6-5-7-24(18-23)22-14-10-20(11-15-22)16-17-27-25(26)4-2/h3-15,18H,1-2,16-17H2. The van der Waals surface area contributed by atoms with Crippen LogP contribution in [0.3, 0.4) is 0 Å². The van der Waals surface area contributed by atoms with Crippen molar-refractivity contribution >= 4 is 12.0 Å². The number of esters is 1. The molecule has 0 radical (unpaired) electrons. The number of hydrogen-bond donors (Lipinski definition) is 0. The Morgan fingerprint density at radius 2 is 1.41 bits per heavy atom. The first-order valence-electron chi connectivity index (χ1n) is 8.91. The molecule has 0 N–H and O–H groups in total. The van der Waals surface area contributed by atoms with Crippen LogP contribution in [0.1, 0.15) is 11.1 Å². The first-order chi connectivity index (χ1) is 13.2. The summed E-state index contributed by atoms with van der Waals surface area (Å²) in [5, 5.41) is 0. The van der Waals surface area contributed by atoms with Gasteiger partial charge in [0.25, 0.3) is 0 Å². The largest absolute Gasteiger partial charge is 0.462 e. The number of benzene rings is 3. The van der Waals surface area contributed by atoms with E-state index < -0.39 is 0 Å². The second-order valence-electron chi connectivity index (χ2n) is 6.23. The van der Waals surface area contributed by atoms with Crippen LogP contribution in [0.4, 0.5) is 0 Å². The van der Waals surface area contributed by atoms with Gasteiger partial charge < -0.3 is 4.74 Å². The highest BCUT2D eigenvalue weighted by Crippen LogP contribution is 2.27. The van der Waals surface area contributed by atoms with E-state index in [0.29, 0.717) is 13.0 Å². The number of ether oxygens (including phenoxy) is 1. The van der Waals surface area contributed by atoms with Crippen LogP contribution in [0, 0.1) is 0 Å². The normalized spacial score (nSPS) is 10.2. The zero-order valence-corrected chi connectivity index (χ0v) is 15.2. The topological polar surface area (TPSA) is 26.3 Å². The van der Waals surface area contributed by atoms with Gasteiger partial charge in [0.2, 0.25) is 0 Å². The Morgan fingerprint density at radius 3 is 1.96 bits per heavy atom. The van der Waals surface area contributed by atoms with Crippen LogP contribution in [-0.4, -0.2) is 12.6 Å². The van der Waals surface area contributed by atoms with Crippen LogP contribution >= 0.6 is 0 Å². The van der Waals surface area contributed by atoms with E-state index >= 15 is 0 Å². The van der Waals surface area contributed by atoms with Crippen molar-refractivity contribution in [1.82, 2.24) is 0 Å². The summed E-state index contributed by atoms with van der Waals surface area (Å²) in [5.74, 6) is -0.385. The molecule has 0 aliphatic rings. The molecule has 0 saturated heterocycles. The van der Waals surface area contributed by atoms with E-state index in [9.17, 15) is 4.79 Å². The Morgan fingerprint density at radius 1 is 0.815 bits per heavy atom. The van der Waals surface area contributed by atoms with Gasteiger partial charge in [-0.15, -0.1) is 0 Å². The molecule has 0 atom stereocenters. The lowest BCUT2D eigenvalue weighted by molar-refractivity contribution is -0.137. The van der Waals surface area contributed by atoms with E-state index in [1.54, 1.807) is 0 Å². The first-order valence-corrected chi connectivity index (χ1v) is 8.91. The van der Waals surface area contributed by atoms with Crippen molar-refractivity contribution in [2.45, 2.75) is 6.42 Å². The van der Waals surface area contributed by atoms with Gasteiger partial charge in [0.05, 0.1) is 6.61 Å². The maximum Gasteiger partial charge on any atom is 0.330 e. The molecule has 27 heavy (non-hydrogen) atoms. The van der Waals surface area contributed by atoms with Gasteiger partial charge in [-0.1, -0.05) is 86.0 Å². The predicted octanol–water partition coefficient (Wildman–Crippen LogP) is 5.94. The Hall–Kier alpha value is -3.39. The van der Waals surface area contributed by atoms with Crippen LogP contribution < -0.4 is 0 Å². The van der Waals surface area contributed by atoms with Gasteiger partial charge in [-0.25, -0.2) is 4.79 Å². The van der Waals surface area contributed by atoms with Crippen LogP contribution in [0.25, 0.3) is 28.3 Å². The molecule has 0 heterocycles. The molecule has 0 saturated carbocycles. The van der Waals surface area contributed by atoms with Gasteiger partial charge in [-0.05, 0) is 39.4 Å². The third kappa shape index (κ3) is 4.83. The van der Waals surface area contributed by atoms with Crippen molar-refractivity contribution in [2.24, 2.45) is 0 Å². The van der Waals surface area contributed by atoms with Crippen LogP contribution in [0.15, 0.2) is 92.0 Å². The third-order valence-corrected chi connectivity index (χ3v) is 4.43. The van der Waals surface area contributed by atoms with Crippen molar-refractivity contribution in [3.05, 3.63) is 103 Å². The smallest absolute Gasteiger partial charge is 0.330 e. The summed E-state index contributed by atoms with van der Waals surface area (Å²) in [7, 11) is 0. The summed E-state index contributed by atoms with van der Waals surface area (Å²) in [6, 6.07) is 25.2. The van der Waals surface area contributed by atoms with E-state index in [2.05, 4.69) is 86.0 Å². The molecule has 0 aliphatic heterocycles. The zero-order valence-electron chi connectivity index (χ0n) is 15.2. The Bertz CT molecular complexity index is 935. The molecule has 134 valence electrons. The maximum absolute atomic E-state index is 11.1. The Labute approximate surface area is 160 Å². The summed E-state index contributed by atoms with van der Waals surface area (Å²) in [4.78, 5) is 11.1. The molecule has 0 unspecified atom stereocenters. The minimum Gasteiger partial charge on any atom is -0.462 e. The Balaban J connectivity index is 1.73. The van der Waals surface area contributed by atoms with Crippen molar-refractivity contribution < 1.29 is 9.53 Å². The molecule has 0 fully saturated rings. The summed E-state index contributed by atoms with van der Waals surface area (Å²) >= 11 is 0. The van der Waals surface area contributed by atoms with E-state index in [0.717, 1.165) is 16.7 Å². The van der Waals surface area contributed by atoms with Gasteiger partial charge in [-0.3, -0.25) is 0 Å². The van der Waals surface area contributed by atoms with E-state index in [4.69, 9.17) is 4.74 Å². The third-order valence-electron chi connectivity index (χ3n) is 4.43. The lowest BCUT2D eigenvalue weighted by Crippen LogP contribution is -2.04. The second-order valence-corrected chi connectivity index (χ2v) is 6.23. The zero-order chi connectivity index (χ0) is 19.1. The van der Waals surface area contributed by atoms with Crippen molar-refractivity contribution in [1.29, 1.82) is 0 Å². The highest BCUT2D eigenvalue weighted by Gasteiger charge is 2.03. The molecular formula is C25H22O2. The van der Waals surface area contributed by atoms with Crippen LogP contribution in [0.2, 0.25) is 0 Å². The molecule has 3 rings (SSSR count). The van der Waals surface area contributed by atoms with Gasteiger partial charge >= 0.3 is 5.97 Å². The average molecular weight is 354 g/mol. The molecule has 0 aliphatic carbocycles. The highest BCUT2D eigenvalue weighted by molar-refractivity contribution is 5.81. The second kappa shape index (κ2) is 8.81. The van der Waals surface area contributed by atoms with Crippen molar-refractivity contribution in [3.8, 4) is 22.3 Å². The number of hydrogen-bond acceptors (Lipinski definition) is 2. The molecule has 0 spiro atoms. The molecule has 3 aromatic carbocycles. The van der Waals surface area contributed by atoms with E-state index in [-0.39, 0.29) is 5.97 Å². The lowest BCUT2D eigenvalue weighted by Gasteiger charge is -2.08. The number of rotatable bonds is 7. The number of carbonyl (C=O) groups is 1. The molecule has 0 aromatic heterocycles. The minimum absolute atomic E-state index is 0.361. The fourth-order valence-corrected chi connectivity index (χ4v) is 2.88. The summed E-state index contributed by atoms with van der Waals surface area (Å²) in [6.07, 6.45) is 3.72. The SMILES string of the molecule is C=CC(=O)OCCc1ccc(-c2cccc(-c3ccc(C=C)cc3)c2)cc1. The molecular weight excluding hydrogens is 332 g/mol. The maximum atomic E-state index is 11.1. The quantitative estimate of drug-likeness (QED) is 0.388. The average Bonchev–Trinajstić information content (AvgIpc) is 2.74. The fraction of sp³-hybridized carbons (Fsp3) is 0.0800. The molecule has 2 heteroatoms. The monoisotopic (exact) mass is 354 g/mol. The highest BCUT2D eigenvalue weighted by atomic mass is 16.5. The van der Waals surface area contributed by atoms with Crippen LogP contribution in [-0.2, 0) is 16.0 Å². The fourth-order valence-electron chi connectivity index (χ4n) is 2.88. The van der Waals surface area contributed by atoms with Gasteiger partial charge in [-0.2, -0.15) is 0 Å². The molecule has 0 bridgehead atoms. The first kappa shape index (κ1) is 18.4. The Kier molecular flexibility index (Phi) is 6.01. The van der Waals surface area contributed by atoms with Gasteiger partial charge in [0.1, 0.15) is 0 Å². The summed E-state index contributed by atoms with van der Waals surface area (Å²) < 4.78 is 5.03. The predicted molar refractivity (Wildman–Crippen MR) is 112 cm³/mol. The van der Waals surface area contributed by atoms with E-state index in [1.165, 1.54) is 22.8 Å². The number of carbonyl (C=O) groups excluding carboxylic acids is 1. The van der Waals surface area contributed by atoms with Crippen LogP contribution in [0.5, 0.6) is 0 Å². The molecule has 0 amide bonds.